The maximum atomic E-state index is 5.46. The molecule has 28 heavy (non-hydrogen) atoms. The molecule has 0 unspecified atom stereocenters. The molecule has 9 nitrogen and oxygen atoms in total. The fraction of sp³-hybridized carbons (Fsp3) is 0.368. The zero-order chi connectivity index (χ0) is 18.8. The van der Waals surface area contributed by atoms with Gasteiger partial charge in [-0.25, -0.2) is 9.36 Å². The van der Waals surface area contributed by atoms with Crippen molar-refractivity contribution in [2.24, 2.45) is 0 Å². The number of aryl methyl sites for hydroxylation is 1. The molecule has 0 spiro atoms. The summed E-state index contributed by atoms with van der Waals surface area (Å²) in [6.07, 6.45) is 10.0. The molecule has 2 aliphatic rings. The number of aromatic nitrogens is 6. The van der Waals surface area contributed by atoms with Gasteiger partial charge in [0.15, 0.2) is 11.5 Å². The van der Waals surface area contributed by atoms with Gasteiger partial charge in [-0.05, 0) is 41.0 Å². The van der Waals surface area contributed by atoms with Crippen LogP contribution in [0.1, 0.15) is 18.4 Å². The van der Waals surface area contributed by atoms with Gasteiger partial charge >= 0.3 is 0 Å². The van der Waals surface area contributed by atoms with E-state index in [9.17, 15) is 0 Å². The first kappa shape index (κ1) is 16.9. The van der Waals surface area contributed by atoms with Crippen molar-refractivity contribution in [2.45, 2.75) is 19.4 Å². The number of nitrogens with zero attached hydrogens (tertiary/aromatic N) is 7. The molecule has 0 bridgehead atoms. The second kappa shape index (κ2) is 7.43. The first-order valence-corrected chi connectivity index (χ1v) is 9.42. The molecular weight excluding hydrogens is 358 g/mol. The molecule has 0 saturated heterocycles. The standard InChI is InChI=1S/C19H21N7O2/c1(7-25-13-20-22-23-25)6-24-8-4-15(5-9-24)16-11-21-26(12-16)17-2-3-18-19(10-17)28-14-27-18/h2-4,10-13H,1,5-9,14H2. The quantitative estimate of drug-likeness (QED) is 0.645. The fourth-order valence-corrected chi connectivity index (χ4v) is 3.57. The van der Waals surface area contributed by atoms with Crippen LogP contribution in [-0.4, -0.2) is 61.3 Å². The van der Waals surface area contributed by atoms with E-state index in [0.717, 1.165) is 56.2 Å². The zero-order valence-electron chi connectivity index (χ0n) is 15.4. The molecule has 4 heterocycles. The monoisotopic (exact) mass is 379 g/mol. The average Bonchev–Trinajstić information content (AvgIpc) is 3.49. The van der Waals surface area contributed by atoms with Gasteiger partial charge in [0.25, 0.3) is 0 Å². The first-order valence-electron chi connectivity index (χ1n) is 9.42. The van der Waals surface area contributed by atoms with Crippen molar-refractivity contribution in [1.82, 2.24) is 34.9 Å². The van der Waals surface area contributed by atoms with Crippen molar-refractivity contribution < 1.29 is 9.47 Å². The Morgan fingerprint density at radius 2 is 2.07 bits per heavy atom. The maximum Gasteiger partial charge on any atom is 0.231 e. The zero-order valence-corrected chi connectivity index (χ0v) is 15.4. The number of ether oxygens (including phenoxy) is 2. The van der Waals surface area contributed by atoms with E-state index in [0.29, 0.717) is 0 Å². The lowest BCUT2D eigenvalue weighted by atomic mass is 10.0. The lowest BCUT2D eigenvalue weighted by Crippen LogP contribution is -2.30. The molecule has 5 rings (SSSR count). The van der Waals surface area contributed by atoms with Crippen LogP contribution in [0.4, 0.5) is 0 Å². The highest BCUT2D eigenvalue weighted by Crippen LogP contribution is 2.33. The van der Waals surface area contributed by atoms with Gasteiger partial charge in [0, 0.05) is 44.0 Å². The largest absolute Gasteiger partial charge is 0.454 e. The summed E-state index contributed by atoms with van der Waals surface area (Å²) in [6.45, 7) is 4.18. The third-order valence-corrected chi connectivity index (χ3v) is 5.12. The number of hydrogen-bond donors (Lipinski definition) is 0. The van der Waals surface area contributed by atoms with E-state index < -0.39 is 0 Å². The van der Waals surface area contributed by atoms with Crippen LogP contribution in [0.3, 0.4) is 0 Å². The summed E-state index contributed by atoms with van der Waals surface area (Å²) in [6, 6.07) is 5.87. The van der Waals surface area contributed by atoms with E-state index in [2.05, 4.69) is 37.8 Å². The average molecular weight is 379 g/mol. The van der Waals surface area contributed by atoms with Crippen LogP contribution in [0.2, 0.25) is 0 Å². The Balaban J connectivity index is 1.20. The topological polar surface area (TPSA) is 83.1 Å². The molecule has 0 amide bonds. The molecule has 0 N–H and O–H groups in total. The van der Waals surface area contributed by atoms with Gasteiger partial charge in [-0.15, -0.1) is 5.10 Å². The Labute approximate surface area is 162 Å². The molecule has 0 aliphatic carbocycles. The molecule has 2 aromatic heterocycles. The van der Waals surface area contributed by atoms with Gasteiger partial charge in [-0.3, -0.25) is 4.90 Å². The van der Waals surface area contributed by atoms with E-state index in [1.165, 1.54) is 11.1 Å². The minimum Gasteiger partial charge on any atom is -0.454 e. The number of hydrogen-bond acceptors (Lipinski definition) is 7. The lowest BCUT2D eigenvalue weighted by molar-refractivity contribution is 0.174. The smallest absolute Gasteiger partial charge is 0.231 e. The van der Waals surface area contributed by atoms with Crippen molar-refractivity contribution in [3.63, 3.8) is 0 Å². The van der Waals surface area contributed by atoms with Crippen LogP contribution in [0.5, 0.6) is 11.5 Å². The third kappa shape index (κ3) is 3.48. The number of fused-ring (bicyclic) bond motifs is 1. The van der Waals surface area contributed by atoms with Crippen molar-refractivity contribution in [1.29, 1.82) is 0 Å². The maximum absolute atomic E-state index is 5.46. The highest BCUT2D eigenvalue weighted by molar-refractivity contribution is 5.66. The Morgan fingerprint density at radius 3 is 2.93 bits per heavy atom. The molecule has 0 radical (unpaired) electrons. The van der Waals surface area contributed by atoms with Crippen LogP contribution in [0, 0.1) is 0 Å². The Morgan fingerprint density at radius 1 is 1.11 bits per heavy atom. The summed E-state index contributed by atoms with van der Waals surface area (Å²) in [7, 11) is 0. The number of benzene rings is 1. The van der Waals surface area contributed by atoms with E-state index >= 15 is 0 Å². The van der Waals surface area contributed by atoms with Crippen LogP contribution in [0.15, 0.2) is 43.0 Å². The summed E-state index contributed by atoms with van der Waals surface area (Å²) < 4.78 is 14.5. The summed E-state index contributed by atoms with van der Waals surface area (Å²) in [5, 5.41) is 15.7. The van der Waals surface area contributed by atoms with Gasteiger partial charge in [0.2, 0.25) is 6.79 Å². The SMILES string of the molecule is C1=C(c2cnn(-c3ccc4c(c3)OCO4)c2)CCN(CCCn2cnnn2)C1. The van der Waals surface area contributed by atoms with Crippen molar-refractivity contribution in [3.05, 3.63) is 48.6 Å². The Hall–Kier alpha value is -3.20. The molecule has 0 atom stereocenters. The fourth-order valence-electron chi connectivity index (χ4n) is 3.57. The molecular formula is C19H21N7O2. The van der Waals surface area contributed by atoms with Gasteiger partial charge in [-0.2, -0.15) is 5.10 Å². The van der Waals surface area contributed by atoms with Crippen molar-refractivity contribution in [2.75, 3.05) is 26.4 Å². The lowest BCUT2D eigenvalue weighted by Gasteiger charge is -2.25. The molecule has 0 saturated carbocycles. The van der Waals surface area contributed by atoms with Gasteiger partial charge in [-0.1, -0.05) is 6.08 Å². The molecule has 3 aromatic rings. The predicted octanol–water partition coefficient (Wildman–Crippen LogP) is 1.77. The molecule has 144 valence electrons. The highest BCUT2D eigenvalue weighted by atomic mass is 16.7. The van der Waals surface area contributed by atoms with Crippen molar-refractivity contribution >= 4 is 5.57 Å². The van der Waals surface area contributed by atoms with Crippen LogP contribution in [0.25, 0.3) is 11.3 Å². The number of rotatable bonds is 6. The summed E-state index contributed by atoms with van der Waals surface area (Å²) in [4.78, 5) is 2.45. The normalized spacial score (nSPS) is 16.4. The van der Waals surface area contributed by atoms with Gasteiger partial charge in [0.05, 0.1) is 11.9 Å². The second-order valence-electron chi connectivity index (χ2n) is 6.92. The van der Waals surface area contributed by atoms with Crippen LogP contribution >= 0.6 is 0 Å². The Kier molecular flexibility index (Phi) is 4.50. The summed E-state index contributed by atoms with van der Waals surface area (Å²) >= 11 is 0. The molecule has 9 heteroatoms. The molecule has 2 aliphatic heterocycles. The Bertz CT molecular complexity index is 980. The van der Waals surface area contributed by atoms with E-state index in [-0.39, 0.29) is 6.79 Å². The molecule has 0 fully saturated rings. The van der Waals surface area contributed by atoms with E-state index in [1.54, 1.807) is 11.0 Å². The number of tetrazole rings is 1. The minimum atomic E-state index is 0.280. The predicted molar refractivity (Wildman–Crippen MR) is 101 cm³/mol. The van der Waals surface area contributed by atoms with E-state index in [1.807, 2.05) is 29.1 Å². The minimum absolute atomic E-state index is 0.280. The summed E-state index contributed by atoms with van der Waals surface area (Å²) in [5.74, 6) is 1.55. The second-order valence-corrected chi connectivity index (χ2v) is 6.92. The first-order chi connectivity index (χ1) is 13.8. The third-order valence-electron chi connectivity index (χ3n) is 5.12. The van der Waals surface area contributed by atoms with Crippen LogP contribution < -0.4 is 9.47 Å². The summed E-state index contributed by atoms with van der Waals surface area (Å²) in [5.41, 5.74) is 3.49. The van der Waals surface area contributed by atoms with Gasteiger partial charge in [0.1, 0.15) is 6.33 Å². The highest BCUT2D eigenvalue weighted by Gasteiger charge is 2.16. The van der Waals surface area contributed by atoms with Crippen molar-refractivity contribution in [3.8, 4) is 17.2 Å². The molecule has 1 aromatic carbocycles. The van der Waals surface area contributed by atoms with Crippen LogP contribution in [-0.2, 0) is 6.54 Å². The van der Waals surface area contributed by atoms with E-state index in [4.69, 9.17) is 9.47 Å². The van der Waals surface area contributed by atoms with Gasteiger partial charge < -0.3 is 9.47 Å².